The largest absolute Gasteiger partial charge is 0.494 e. The predicted octanol–water partition coefficient (Wildman–Crippen LogP) is 3.27. The first-order valence-electron chi connectivity index (χ1n) is 6.82. The van der Waals surface area contributed by atoms with Gasteiger partial charge in [-0.05, 0) is 36.7 Å². The van der Waals surface area contributed by atoms with Gasteiger partial charge in [-0.1, -0.05) is 25.0 Å². The van der Waals surface area contributed by atoms with Crippen molar-refractivity contribution in [1.29, 1.82) is 0 Å². The van der Waals surface area contributed by atoms with Crippen molar-refractivity contribution in [2.45, 2.75) is 31.7 Å². The van der Waals surface area contributed by atoms with Crippen LogP contribution in [0, 0.1) is 23.6 Å². The van der Waals surface area contributed by atoms with E-state index < -0.39 is 0 Å². The van der Waals surface area contributed by atoms with Crippen LogP contribution in [0.15, 0.2) is 18.2 Å². The van der Waals surface area contributed by atoms with Crippen LogP contribution >= 0.6 is 0 Å². The van der Waals surface area contributed by atoms with Gasteiger partial charge < -0.3 is 10.5 Å². The summed E-state index contributed by atoms with van der Waals surface area (Å²) in [4.78, 5) is 0. The van der Waals surface area contributed by atoms with Crippen LogP contribution < -0.4 is 10.5 Å². The third-order valence-electron chi connectivity index (χ3n) is 4.71. The van der Waals surface area contributed by atoms with Crippen LogP contribution in [0.2, 0.25) is 0 Å². The first kappa shape index (κ1) is 12.0. The van der Waals surface area contributed by atoms with E-state index in [4.69, 9.17) is 10.5 Å². The number of halogens is 1. The van der Waals surface area contributed by atoms with Crippen molar-refractivity contribution in [2.24, 2.45) is 23.5 Å². The fourth-order valence-electron chi connectivity index (χ4n) is 3.73. The topological polar surface area (TPSA) is 35.2 Å². The number of ether oxygens (including phenoxy) is 1. The molecule has 98 valence electrons. The summed E-state index contributed by atoms with van der Waals surface area (Å²) < 4.78 is 19.2. The summed E-state index contributed by atoms with van der Waals surface area (Å²) in [6, 6.07) is 5.09. The number of methoxy groups -OCH3 is 1. The Hall–Kier alpha value is -1.09. The molecule has 2 fully saturated rings. The van der Waals surface area contributed by atoms with E-state index in [2.05, 4.69) is 0 Å². The molecule has 2 aliphatic carbocycles. The second-order valence-corrected chi connectivity index (χ2v) is 5.58. The highest BCUT2D eigenvalue weighted by Crippen LogP contribution is 2.60. The van der Waals surface area contributed by atoms with Crippen LogP contribution in [0.3, 0.4) is 0 Å². The summed E-state index contributed by atoms with van der Waals surface area (Å²) in [5.41, 5.74) is 6.91. The van der Waals surface area contributed by atoms with Crippen molar-refractivity contribution >= 4 is 0 Å². The minimum absolute atomic E-state index is 0.173. The maximum Gasteiger partial charge on any atom is 0.169 e. The van der Waals surface area contributed by atoms with Crippen LogP contribution in [-0.2, 0) is 0 Å². The molecule has 2 aliphatic rings. The Bertz CT molecular complexity index is 436. The fourth-order valence-corrected chi connectivity index (χ4v) is 3.73. The smallest absolute Gasteiger partial charge is 0.169 e. The fraction of sp³-hybridized carbons (Fsp3) is 0.600. The van der Waals surface area contributed by atoms with E-state index in [0.29, 0.717) is 17.2 Å². The van der Waals surface area contributed by atoms with Gasteiger partial charge in [0.15, 0.2) is 11.6 Å². The van der Waals surface area contributed by atoms with Crippen molar-refractivity contribution in [3.63, 3.8) is 0 Å². The lowest BCUT2D eigenvalue weighted by Gasteiger charge is -2.14. The molecule has 0 bridgehead atoms. The van der Waals surface area contributed by atoms with Crippen molar-refractivity contribution in [3.05, 3.63) is 29.6 Å². The SMILES string of the molecule is COc1cccc(C(N)C2C3CCCCC32)c1F. The van der Waals surface area contributed by atoms with E-state index >= 15 is 0 Å². The van der Waals surface area contributed by atoms with Crippen LogP contribution in [0.1, 0.15) is 37.3 Å². The van der Waals surface area contributed by atoms with Gasteiger partial charge in [0.25, 0.3) is 0 Å². The highest BCUT2D eigenvalue weighted by molar-refractivity contribution is 5.34. The van der Waals surface area contributed by atoms with E-state index in [9.17, 15) is 4.39 Å². The number of hydrogen-bond acceptors (Lipinski definition) is 2. The Morgan fingerprint density at radius 1 is 1.28 bits per heavy atom. The van der Waals surface area contributed by atoms with E-state index in [-0.39, 0.29) is 11.9 Å². The third-order valence-corrected chi connectivity index (χ3v) is 4.71. The second-order valence-electron chi connectivity index (χ2n) is 5.58. The molecular formula is C15H20FNO. The Morgan fingerprint density at radius 2 is 1.94 bits per heavy atom. The number of fused-ring (bicyclic) bond motifs is 1. The molecule has 0 aliphatic heterocycles. The second kappa shape index (κ2) is 4.54. The lowest BCUT2D eigenvalue weighted by atomic mass is 10.00. The Kier molecular flexibility index (Phi) is 3.02. The number of nitrogens with two attached hydrogens (primary N) is 1. The molecule has 1 aromatic carbocycles. The summed E-state index contributed by atoms with van der Waals surface area (Å²) in [6.07, 6.45) is 5.17. The molecule has 1 aromatic rings. The third kappa shape index (κ3) is 1.81. The summed E-state index contributed by atoms with van der Waals surface area (Å²) >= 11 is 0. The highest BCUT2D eigenvalue weighted by Gasteiger charge is 2.53. The van der Waals surface area contributed by atoms with Crippen LogP contribution in [0.5, 0.6) is 5.75 Å². The minimum atomic E-state index is -0.281. The van der Waals surface area contributed by atoms with Gasteiger partial charge in [-0.3, -0.25) is 0 Å². The number of rotatable bonds is 3. The van der Waals surface area contributed by atoms with E-state index in [1.165, 1.54) is 32.8 Å². The van der Waals surface area contributed by atoms with Crippen molar-refractivity contribution < 1.29 is 9.13 Å². The monoisotopic (exact) mass is 249 g/mol. The van der Waals surface area contributed by atoms with Gasteiger partial charge in [0.1, 0.15) is 0 Å². The van der Waals surface area contributed by atoms with Crippen LogP contribution in [0.4, 0.5) is 4.39 Å². The highest BCUT2D eigenvalue weighted by atomic mass is 19.1. The average molecular weight is 249 g/mol. The summed E-state index contributed by atoms with van der Waals surface area (Å²) in [6.45, 7) is 0. The van der Waals surface area contributed by atoms with Crippen LogP contribution in [-0.4, -0.2) is 7.11 Å². The molecule has 18 heavy (non-hydrogen) atoms. The van der Waals surface area contributed by atoms with E-state index in [1.807, 2.05) is 6.07 Å². The van der Waals surface area contributed by atoms with Gasteiger partial charge in [0.05, 0.1) is 7.11 Å². The lowest BCUT2D eigenvalue weighted by molar-refractivity contribution is 0.380. The Morgan fingerprint density at radius 3 is 2.56 bits per heavy atom. The number of benzene rings is 1. The molecule has 0 heterocycles. The first-order chi connectivity index (χ1) is 8.74. The standard InChI is InChI=1S/C15H20FNO/c1-18-12-8-4-7-11(14(12)16)15(17)13-9-5-2-3-6-10(9)13/h4,7-10,13,15H,2-3,5-6,17H2,1H3. The van der Waals surface area contributed by atoms with Crippen molar-refractivity contribution in [2.75, 3.05) is 7.11 Å². The zero-order valence-electron chi connectivity index (χ0n) is 10.7. The average Bonchev–Trinajstić information content (AvgIpc) is 3.12. The van der Waals surface area contributed by atoms with Gasteiger partial charge in [0.2, 0.25) is 0 Å². The predicted molar refractivity (Wildman–Crippen MR) is 68.8 cm³/mol. The van der Waals surface area contributed by atoms with E-state index in [0.717, 1.165) is 11.8 Å². The number of hydrogen-bond donors (Lipinski definition) is 1. The lowest BCUT2D eigenvalue weighted by Crippen LogP contribution is -2.16. The molecule has 3 rings (SSSR count). The molecule has 0 amide bonds. The van der Waals surface area contributed by atoms with Crippen molar-refractivity contribution in [3.8, 4) is 5.75 Å². The minimum Gasteiger partial charge on any atom is -0.494 e. The molecule has 3 atom stereocenters. The molecule has 0 aromatic heterocycles. The maximum atomic E-state index is 14.2. The summed E-state index contributed by atoms with van der Waals surface area (Å²) in [5, 5.41) is 0. The van der Waals surface area contributed by atoms with Crippen LogP contribution in [0.25, 0.3) is 0 Å². The Balaban J connectivity index is 1.82. The molecule has 2 nitrogen and oxygen atoms in total. The molecule has 2 saturated carbocycles. The van der Waals surface area contributed by atoms with Gasteiger partial charge in [-0.2, -0.15) is 0 Å². The van der Waals surface area contributed by atoms with Gasteiger partial charge >= 0.3 is 0 Å². The van der Waals surface area contributed by atoms with Gasteiger partial charge in [-0.15, -0.1) is 0 Å². The van der Waals surface area contributed by atoms with Gasteiger partial charge in [0, 0.05) is 11.6 Å². The molecule has 3 heteroatoms. The van der Waals surface area contributed by atoms with Crippen molar-refractivity contribution in [1.82, 2.24) is 0 Å². The normalized spacial score (nSPS) is 31.6. The summed E-state index contributed by atoms with van der Waals surface area (Å²) in [7, 11) is 1.49. The molecule has 0 spiro atoms. The molecular weight excluding hydrogens is 229 g/mol. The molecule has 3 unspecified atom stereocenters. The summed E-state index contributed by atoms with van der Waals surface area (Å²) in [5.74, 6) is 1.97. The molecule has 0 saturated heterocycles. The van der Waals surface area contributed by atoms with Gasteiger partial charge in [-0.25, -0.2) is 4.39 Å². The maximum absolute atomic E-state index is 14.2. The molecule has 0 radical (unpaired) electrons. The molecule has 2 N–H and O–H groups in total. The van der Waals surface area contributed by atoms with E-state index in [1.54, 1.807) is 12.1 Å². The first-order valence-corrected chi connectivity index (χ1v) is 6.82. The zero-order valence-corrected chi connectivity index (χ0v) is 10.7. The zero-order chi connectivity index (χ0) is 12.7. The Labute approximate surface area is 107 Å². The quantitative estimate of drug-likeness (QED) is 0.892.